The van der Waals surface area contributed by atoms with Crippen LogP contribution in [0.4, 0.5) is 5.69 Å². The van der Waals surface area contributed by atoms with Crippen molar-refractivity contribution in [1.82, 2.24) is 4.72 Å². The van der Waals surface area contributed by atoms with E-state index in [2.05, 4.69) is 4.72 Å². The van der Waals surface area contributed by atoms with Gasteiger partial charge in [0.25, 0.3) is 0 Å². The number of hydrogen-bond acceptors (Lipinski definition) is 4. The molecule has 0 heterocycles. The molecule has 0 amide bonds. The first-order valence-electron chi connectivity index (χ1n) is 5.59. The van der Waals surface area contributed by atoms with Crippen LogP contribution < -0.4 is 15.2 Å². The number of sulfonamides is 1. The van der Waals surface area contributed by atoms with Gasteiger partial charge in [0, 0.05) is 11.8 Å². The molecule has 0 radical (unpaired) electrons. The monoisotopic (exact) mass is 278 g/mol. The van der Waals surface area contributed by atoms with Gasteiger partial charge in [-0.2, -0.15) is 0 Å². The van der Waals surface area contributed by atoms with Crippen LogP contribution in [-0.4, -0.2) is 15.5 Å². The summed E-state index contributed by atoms with van der Waals surface area (Å²) in [5.41, 5.74) is 6.20. The third-order valence-corrected chi connectivity index (χ3v) is 3.95. The summed E-state index contributed by atoms with van der Waals surface area (Å²) in [5, 5.41) is 0. The Labute approximate surface area is 112 Å². The van der Waals surface area contributed by atoms with Gasteiger partial charge in [-0.1, -0.05) is 18.2 Å². The number of ether oxygens (including phenoxy) is 1. The molecule has 19 heavy (non-hydrogen) atoms. The van der Waals surface area contributed by atoms with E-state index < -0.39 is 10.0 Å². The first-order valence-corrected chi connectivity index (χ1v) is 7.07. The average molecular weight is 278 g/mol. The number of nitrogens with two attached hydrogens (primary N) is 1. The second-order valence-electron chi connectivity index (χ2n) is 3.83. The van der Waals surface area contributed by atoms with Gasteiger partial charge >= 0.3 is 0 Å². The fourth-order valence-electron chi connectivity index (χ4n) is 1.57. The smallest absolute Gasteiger partial charge is 0.244 e. The van der Waals surface area contributed by atoms with Crippen LogP contribution in [0.15, 0.2) is 53.4 Å². The topological polar surface area (TPSA) is 81.4 Å². The zero-order valence-electron chi connectivity index (χ0n) is 10.3. The van der Waals surface area contributed by atoms with E-state index in [1.165, 1.54) is 13.1 Å². The molecule has 2 aromatic carbocycles. The molecule has 5 nitrogen and oxygen atoms in total. The van der Waals surface area contributed by atoms with Crippen LogP contribution in [0.1, 0.15) is 0 Å². The van der Waals surface area contributed by atoms with Crippen LogP contribution in [0, 0.1) is 0 Å². The molecule has 0 aromatic heterocycles. The first-order chi connectivity index (χ1) is 9.03. The van der Waals surface area contributed by atoms with Crippen molar-refractivity contribution < 1.29 is 13.2 Å². The molecule has 3 N–H and O–H groups in total. The molecule has 100 valence electrons. The maximum atomic E-state index is 11.9. The Hall–Kier alpha value is -2.05. The van der Waals surface area contributed by atoms with E-state index in [1.54, 1.807) is 42.5 Å². The first kappa shape index (κ1) is 13.4. The van der Waals surface area contributed by atoms with Crippen LogP contribution >= 0.6 is 0 Å². The molecule has 0 aliphatic carbocycles. The van der Waals surface area contributed by atoms with Crippen LogP contribution in [0.5, 0.6) is 11.5 Å². The van der Waals surface area contributed by atoms with Crippen LogP contribution in [-0.2, 0) is 10.0 Å². The number of nitrogen functional groups attached to an aromatic ring is 1. The van der Waals surface area contributed by atoms with E-state index in [4.69, 9.17) is 10.5 Å². The van der Waals surface area contributed by atoms with E-state index in [1.807, 2.05) is 0 Å². The Morgan fingerprint density at radius 2 is 1.84 bits per heavy atom. The van der Waals surface area contributed by atoms with Gasteiger partial charge in [0.05, 0.1) is 0 Å². The Balaban J connectivity index is 2.42. The summed E-state index contributed by atoms with van der Waals surface area (Å²) in [6, 6.07) is 13.2. The van der Waals surface area contributed by atoms with Crippen molar-refractivity contribution in [3.63, 3.8) is 0 Å². The molecular formula is C13H14N2O3S. The van der Waals surface area contributed by atoms with Crippen molar-refractivity contribution >= 4 is 15.7 Å². The second-order valence-corrected chi connectivity index (χ2v) is 5.68. The van der Waals surface area contributed by atoms with E-state index in [-0.39, 0.29) is 10.6 Å². The largest absolute Gasteiger partial charge is 0.456 e. The van der Waals surface area contributed by atoms with Gasteiger partial charge in [-0.3, -0.25) is 0 Å². The average Bonchev–Trinajstić information content (AvgIpc) is 2.39. The van der Waals surface area contributed by atoms with Crippen LogP contribution in [0.2, 0.25) is 0 Å². The van der Waals surface area contributed by atoms with Crippen molar-refractivity contribution in [1.29, 1.82) is 0 Å². The molecule has 0 unspecified atom stereocenters. The number of rotatable bonds is 4. The number of nitrogens with one attached hydrogen (secondary N) is 1. The molecular weight excluding hydrogens is 264 g/mol. The van der Waals surface area contributed by atoms with Gasteiger partial charge in [-0.15, -0.1) is 0 Å². The van der Waals surface area contributed by atoms with Crippen molar-refractivity contribution in [3.8, 4) is 11.5 Å². The van der Waals surface area contributed by atoms with Crippen molar-refractivity contribution in [2.24, 2.45) is 0 Å². The third kappa shape index (κ3) is 3.04. The molecule has 6 heteroatoms. The zero-order chi connectivity index (χ0) is 13.9. The lowest BCUT2D eigenvalue weighted by molar-refractivity contribution is 0.467. The summed E-state index contributed by atoms with van der Waals surface area (Å²) in [5.74, 6) is 0.737. The summed E-state index contributed by atoms with van der Waals surface area (Å²) < 4.78 is 31.6. The summed E-state index contributed by atoms with van der Waals surface area (Å²) in [6.07, 6.45) is 0. The molecule has 2 rings (SSSR count). The van der Waals surface area contributed by atoms with E-state index in [0.29, 0.717) is 11.4 Å². The number of anilines is 1. The SMILES string of the molecule is CNS(=O)(=O)c1ccccc1Oc1cccc(N)c1. The zero-order valence-corrected chi connectivity index (χ0v) is 11.1. The molecule has 0 aliphatic heterocycles. The van der Waals surface area contributed by atoms with Gasteiger partial charge in [0.2, 0.25) is 10.0 Å². The Kier molecular flexibility index (Phi) is 3.73. The molecule has 0 spiro atoms. The van der Waals surface area contributed by atoms with Gasteiger partial charge in [-0.25, -0.2) is 13.1 Å². The Bertz CT molecular complexity index is 684. The highest BCUT2D eigenvalue weighted by Crippen LogP contribution is 2.29. The molecule has 0 saturated carbocycles. The maximum Gasteiger partial charge on any atom is 0.244 e. The lowest BCUT2D eigenvalue weighted by Gasteiger charge is -2.11. The maximum absolute atomic E-state index is 11.9. The van der Waals surface area contributed by atoms with Gasteiger partial charge in [0.15, 0.2) is 0 Å². The predicted octanol–water partition coefficient (Wildman–Crippen LogP) is 1.97. The van der Waals surface area contributed by atoms with Gasteiger partial charge in [0.1, 0.15) is 16.4 Å². The lowest BCUT2D eigenvalue weighted by Crippen LogP contribution is -2.19. The molecule has 0 atom stereocenters. The minimum absolute atomic E-state index is 0.0833. The summed E-state index contributed by atoms with van der Waals surface area (Å²) in [6.45, 7) is 0. The molecule has 0 saturated heterocycles. The minimum atomic E-state index is -3.57. The number of hydrogen-bond donors (Lipinski definition) is 2. The predicted molar refractivity (Wildman–Crippen MR) is 73.6 cm³/mol. The quantitative estimate of drug-likeness (QED) is 0.838. The van der Waals surface area contributed by atoms with E-state index in [9.17, 15) is 8.42 Å². The Morgan fingerprint density at radius 3 is 2.53 bits per heavy atom. The van der Waals surface area contributed by atoms with Gasteiger partial charge in [-0.05, 0) is 31.3 Å². The number of benzene rings is 2. The second kappa shape index (κ2) is 5.29. The highest BCUT2D eigenvalue weighted by atomic mass is 32.2. The van der Waals surface area contributed by atoms with Crippen molar-refractivity contribution in [3.05, 3.63) is 48.5 Å². The molecule has 0 bridgehead atoms. The normalized spacial score (nSPS) is 11.2. The highest BCUT2D eigenvalue weighted by Gasteiger charge is 2.17. The summed E-state index contributed by atoms with van der Waals surface area (Å²) >= 11 is 0. The molecule has 0 aliphatic rings. The summed E-state index contributed by atoms with van der Waals surface area (Å²) in [7, 11) is -2.21. The Morgan fingerprint density at radius 1 is 1.11 bits per heavy atom. The molecule has 0 fully saturated rings. The van der Waals surface area contributed by atoms with Crippen LogP contribution in [0.3, 0.4) is 0 Å². The molecule has 2 aromatic rings. The van der Waals surface area contributed by atoms with Crippen LogP contribution in [0.25, 0.3) is 0 Å². The fraction of sp³-hybridized carbons (Fsp3) is 0.0769. The standard InChI is InChI=1S/C13H14N2O3S/c1-15-19(16,17)13-8-3-2-7-12(13)18-11-6-4-5-10(14)9-11/h2-9,15H,14H2,1H3. The van der Waals surface area contributed by atoms with E-state index >= 15 is 0 Å². The highest BCUT2D eigenvalue weighted by molar-refractivity contribution is 7.89. The van der Waals surface area contributed by atoms with Crippen molar-refractivity contribution in [2.75, 3.05) is 12.8 Å². The van der Waals surface area contributed by atoms with Gasteiger partial charge < -0.3 is 10.5 Å². The lowest BCUT2D eigenvalue weighted by atomic mass is 10.3. The number of para-hydroxylation sites is 1. The summed E-state index contributed by atoms with van der Waals surface area (Å²) in [4.78, 5) is 0.0833. The minimum Gasteiger partial charge on any atom is -0.456 e. The fourth-order valence-corrected chi connectivity index (χ4v) is 2.42. The third-order valence-electron chi connectivity index (χ3n) is 2.49. The van der Waals surface area contributed by atoms with E-state index in [0.717, 1.165) is 0 Å². The van der Waals surface area contributed by atoms with Crippen molar-refractivity contribution in [2.45, 2.75) is 4.90 Å².